The summed E-state index contributed by atoms with van der Waals surface area (Å²) in [5.74, 6) is 2.52. The fraction of sp³-hybridized carbons (Fsp3) is 0.500. The van der Waals surface area contributed by atoms with Crippen LogP contribution in [0.1, 0.15) is 79.1 Å². The van der Waals surface area contributed by atoms with Crippen molar-refractivity contribution in [3.63, 3.8) is 0 Å². The maximum Gasteiger partial charge on any atom is 0.256 e. The molecule has 3 heterocycles. The average Bonchev–Trinajstić information content (AvgIpc) is 3.40. The molecule has 0 aromatic carbocycles. The molecule has 0 atom stereocenters. The molecule has 1 N–H and O–H groups in total. The minimum atomic E-state index is -0.0995. The van der Waals surface area contributed by atoms with Gasteiger partial charge in [-0.05, 0) is 56.6 Å². The first-order valence-electron chi connectivity index (χ1n) is 10.5. The Balaban J connectivity index is 1.30. The Morgan fingerprint density at radius 1 is 1.23 bits per heavy atom. The van der Waals surface area contributed by atoms with E-state index in [0.29, 0.717) is 35.6 Å². The van der Waals surface area contributed by atoms with E-state index in [4.69, 9.17) is 8.94 Å². The summed E-state index contributed by atoms with van der Waals surface area (Å²) in [5.41, 5.74) is 2.12. The fourth-order valence-corrected chi connectivity index (χ4v) is 4.00. The lowest BCUT2D eigenvalue weighted by Gasteiger charge is -2.26. The van der Waals surface area contributed by atoms with Crippen LogP contribution in [0.3, 0.4) is 0 Å². The molecule has 8 heteroatoms. The van der Waals surface area contributed by atoms with Crippen molar-refractivity contribution in [1.82, 2.24) is 25.7 Å². The zero-order valence-corrected chi connectivity index (χ0v) is 17.6. The van der Waals surface area contributed by atoms with E-state index in [1.807, 2.05) is 26.0 Å². The lowest BCUT2D eigenvalue weighted by atomic mass is 9.82. The number of amides is 1. The number of pyridine rings is 1. The lowest BCUT2D eigenvalue weighted by molar-refractivity contribution is 0.0939. The topological polar surface area (TPSA) is 107 Å². The van der Waals surface area contributed by atoms with Gasteiger partial charge < -0.3 is 14.3 Å². The maximum absolute atomic E-state index is 12.7. The molecular formula is C22H27N5O3. The minimum Gasteiger partial charge on any atom is -0.420 e. The minimum absolute atomic E-state index is 0.0995. The van der Waals surface area contributed by atoms with Gasteiger partial charge >= 0.3 is 0 Å². The van der Waals surface area contributed by atoms with Crippen LogP contribution >= 0.6 is 0 Å². The number of carbonyl (C=O) groups excluding carboxylic acids is 1. The summed E-state index contributed by atoms with van der Waals surface area (Å²) < 4.78 is 11.1. The molecule has 3 aromatic heterocycles. The van der Waals surface area contributed by atoms with E-state index >= 15 is 0 Å². The van der Waals surface area contributed by atoms with E-state index in [1.165, 1.54) is 0 Å². The van der Waals surface area contributed by atoms with Gasteiger partial charge in [0.1, 0.15) is 11.3 Å². The molecule has 0 aliphatic heterocycles. The first-order chi connectivity index (χ1) is 14.5. The largest absolute Gasteiger partial charge is 0.420 e. The summed E-state index contributed by atoms with van der Waals surface area (Å²) in [5, 5.41) is 15.5. The van der Waals surface area contributed by atoms with Crippen LogP contribution < -0.4 is 5.32 Å². The van der Waals surface area contributed by atoms with E-state index in [-0.39, 0.29) is 17.7 Å². The number of aromatic nitrogens is 4. The van der Waals surface area contributed by atoms with Gasteiger partial charge in [-0.1, -0.05) is 19.0 Å². The molecule has 0 bridgehead atoms. The van der Waals surface area contributed by atoms with Crippen molar-refractivity contribution in [3.8, 4) is 11.5 Å². The predicted molar refractivity (Wildman–Crippen MR) is 110 cm³/mol. The number of carbonyl (C=O) groups is 1. The second-order valence-corrected chi connectivity index (χ2v) is 8.27. The van der Waals surface area contributed by atoms with Crippen molar-refractivity contribution in [2.75, 3.05) is 6.54 Å². The highest BCUT2D eigenvalue weighted by atomic mass is 16.5. The van der Waals surface area contributed by atoms with Gasteiger partial charge in [-0.3, -0.25) is 9.78 Å². The van der Waals surface area contributed by atoms with E-state index in [1.54, 1.807) is 19.3 Å². The van der Waals surface area contributed by atoms with E-state index in [0.717, 1.165) is 36.9 Å². The molecule has 1 amide bonds. The third-order valence-electron chi connectivity index (χ3n) is 5.76. The molecule has 0 unspecified atom stereocenters. The van der Waals surface area contributed by atoms with E-state index < -0.39 is 0 Å². The lowest BCUT2D eigenvalue weighted by Crippen LogP contribution is -2.32. The van der Waals surface area contributed by atoms with Crippen LogP contribution in [-0.4, -0.2) is 32.8 Å². The van der Waals surface area contributed by atoms with Gasteiger partial charge in [-0.15, -0.1) is 10.2 Å². The third-order valence-corrected chi connectivity index (χ3v) is 5.76. The van der Waals surface area contributed by atoms with Gasteiger partial charge in [-0.25, -0.2) is 0 Å². The van der Waals surface area contributed by atoms with Crippen molar-refractivity contribution in [1.29, 1.82) is 0 Å². The molecule has 158 valence electrons. The van der Waals surface area contributed by atoms with E-state index in [2.05, 4.69) is 25.7 Å². The van der Waals surface area contributed by atoms with Crippen LogP contribution in [0.25, 0.3) is 11.5 Å². The summed E-state index contributed by atoms with van der Waals surface area (Å²) in [6, 6.07) is 3.76. The van der Waals surface area contributed by atoms with Crippen LogP contribution in [0.15, 0.2) is 33.5 Å². The third kappa shape index (κ3) is 4.27. The van der Waals surface area contributed by atoms with Crippen molar-refractivity contribution < 1.29 is 13.7 Å². The molecule has 4 rings (SSSR count). The summed E-state index contributed by atoms with van der Waals surface area (Å²) >= 11 is 0. The molecule has 0 spiro atoms. The Hall–Kier alpha value is -3.03. The van der Waals surface area contributed by atoms with Gasteiger partial charge in [0.15, 0.2) is 0 Å². The molecule has 0 saturated heterocycles. The Labute approximate surface area is 175 Å². The quantitative estimate of drug-likeness (QED) is 0.648. The Morgan fingerprint density at radius 2 is 2.03 bits per heavy atom. The average molecular weight is 409 g/mol. The molecule has 3 aromatic rings. The summed E-state index contributed by atoms with van der Waals surface area (Å²) in [6.07, 6.45) is 7.40. The van der Waals surface area contributed by atoms with Gasteiger partial charge in [-0.2, -0.15) is 0 Å². The molecule has 1 aliphatic carbocycles. The fourth-order valence-electron chi connectivity index (χ4n) is 4.00. The Morgan fingerprint density at radius 3 is 2.73 bits per heavy atom. The highest BCUT2D eigenvalue weighted by molar-refractivity contribution is 5.96. The maximum atomic E-state index is 12.7. The van der Waals surface area contributed by atoms with Gasteiger partial charge in [0, 0.05) is 24.9 Å². The normalized spacial score (nSPS) is 19.2. The van der Waals surface area contributed by atoms with Gasteiger partial charge in [0.25, 0.3) is 5.91 Å². The Bertz CT molecular complexity index is 987. The molecule has 1 aliphatic rings. The number of rotatable bonds is 6. The second kappa shape index (κ2) is 8.77. The van der Waals surface area contributed by atoms with E-state index in [9.17, 15) is 4.79 Å². The second-order valence-electron chi connectivity index (χ2n) is 8.27. The first-order valence-corrected chi connectivity index (χ1v) is 10.5. The highest BCUT2D eigenvalue weighted by Gasteiger charge is 2.28. The smallest absolute Gasteiger partial charge is 0.256 e. The molecule has 30 heavy (non-hydrogen) atoms. The number of aryl methyl sites for hydroxylation is 1. The van der Waals surface area contributed by atoms with Crippen LogP contribution in [0.4, 0.5) is 0 Å². The van der Waals surface area contributed by atoms with Crippen molar-refractivity contribution >= 4 is 5.91 Å². The molecule has 1 saturated carbocycles. The van der Waals surface area contributed by atoms with Gasteiger partial charge in [0.05, 0.1) is 11.3 Å². The summed E-state index contributed by atoms with van der Waals surface area (Å²) in [7, 11) is 0. The predicted octanol–water partition coefficient (Wildman–Crippen LogP) is 4.26. The number of hydrogen-bond donors (Lipinski definition) is 1. The standard InChI is InChI=1S/C22H27N5O3/c1-13(2)19-18(14(3)30-27-19)20(28)24-11-15-6-8-16(9-7-15)21-25-26-22(29-21)17-5-4-10-23-12-17/h4-5,10,12-13,15-16H,6-9,11H2,1-3H3,(H,24,28). The number of hydrogen-bond acceptors (Lipinski definition) is 7. The zero-order valence-electron chi connectivity index (χ0n) is 17.6. The van der Waals surface area contributed by atoms with Crippen LogP contribution in [0.5, 0.6) is 0 Å². The summed E-state index contributed by atoms with van der Waals surface area (Å²) in [4.78, 5) is 16.8. The zero-order chi connectivity index (χ0) is 21.1. The van der Waals surface area contributed by atoms with Gasteiger partial charge in [0.2, 0.25) is 11.8 Å². The molecule has 8 nitrogen and oxygen atoms in total. The van der Waals surface area contributed by atoms with Crippen LogP contribution in [0.2, 0.25) is 0 Å². The number of nitrogens with one attached hydrogen (secondary N) is 1. The van der Waals surface area contributed by atoms with Crippen LogP contribution in [-0.2, 0) is 0 Å². The Kier molecular flexibility index (Phi) is 5.92. The SMILES string of the molecule is Cc1onc(C(C)C)c1C(=O)NCC1CCC(c2nnc(-c3cccnc3)o2)CC1. The monoisotopic (exact) mass is 409 g/mol. The number of nitrogens with zero attached hydrogens (tertiary/aromatic N) is 4. The van der Waals surface area contributed by atoms with Crippen molar-refractivity contribution in [2.45, 2.75) is 58.3 Å². The molecular weight excluding hydrogens is 382 g/mol. The van der Waals surface area contributed by atoms with Crippen molar-refractivity contribution in [3.05, 3.63) is 47.4 Å². The van der Waals surface area contributed by atoms with Crippen molar-refractivity contribution in [2.24, 2.45) is 5.92 Å². The highest BCUT2D eigenvalue weighted by Crippen LogP contribution is 2.36. The molecule has 0 radical (unpaired) electrons. The first kappa shape index (κ1) is 20.3. The van der Waals surface area contributed by atoms with Crippen LogP contribution in [0, 0.1) is 12.8 Å². The molecule has 1 fully saturated rings. The summed E-state index contributed by atoms with van der Waals surface area (Å²) in [6.45, 7) is 6.45.